The van der Waals surface area contributed by atoms with Crippen LogP contribution in [0.25, 0.3) is 9.96 Å². The van der Waals surface area contributed by atoms with Gasteiger partial charge in [0.25, 0.3) is 0 Å². The molecule has 65 heavy (non-hydrogen) atoms. The van der Waals surface area contributed by atoms with Crippen LogP contribution in [0.2, 0.25) is 39.3 Å². The van der Waals surface area contributed by atoms with Crippen LogP contribution in [0.4, 0.5) is 11.4 Å². The SMILES string of the molecule is C[Si](C)(C)[N-][Si](C)(C)C.Cc1ccc(C([N-]c2c(C(c3ccccc3)c3ccccc3)cc(C)cc2C(c2ccccc2)c2ccccc2)=[NH+]c2c(C(C)C)cccc2C(C)C)cc1.[Mg+2]. The van der Waals surface area contributed by atoms with Gasteiger partial charge in [-0.1, -0.05) is 270 Å². The van der Waals surface area contributed by atoms with E-state index >= 15 is 0 Å². The van der Waals surface area contributed by atoms with Crippen molar-refractivity contribution in [3.63, 3.8) is 0 Å². The van der Waals surface area contributed by atoms with Crippen LogP contribution in [0.15, 0.2) is 176 Å². The molecular weight excluding hydrogens is 831 g/mol. The molecule has 0 aliphatic heterocycles. The van der Waals surface area contributed by atoms with Crippen LogP contribution in [0, 0.1) is 13.8 Å². The Morgan fingerprint density at radius 1 is 0.431 bits per heavy atom. The summed E-state index contributed by atoms with van der Waals surface area (Å²) < 4.78 is 4.82. The molecule has 330 valence electrons. The van der Waals surface area contributed by atoms with E-state index in [0.29, 0.717) is 11.8 Å². The Labute approximate surface area is 410 Å². The predicted octanol–water partition coefficient (Wildman–Crippen LogP) is 15.4. The molecule has 0 aromatic heterocycles. The van der Waals surface area contributed by atoms with E-state index in [1.807, 2.05) is 0 Å². The van der Waals surface area contributed by atoms with Gasteiger partial charge in [0.15, 0.2) is 0 Å². The Kier molecular flexibility index (Phi) is 18.2. The molecule has 0 saturated heterocycles. The number of aryl methyl sites for hydroxylation is 2. The number of nitrogens with zero attached hydrogens (tertiary/aromatic N) is 2. The number of benzene rings is 7. The molecule has 0 saturated carbocycles. The van der Waals surface area contributed by atoms with Gasteiger partial charge in [0, 0.05) is 23.1 Å². The Morgan fingerprint density at radius 3 is 1.09 bits per heavy atom. The predicted molar refractivity (Wildman–Crippen MR) is 288 cm³/mol. The van der Waals surface area contributed by atoms with Gasteiger partial charge >= 0.3 is 23.1 Å². The molecule has 0 fully saturated rings. The smallest absolute Gasteiger partial charge is 0.668 e. The van der Waals surface area contributed by atoms with E-state index < -0.39 is 16.5 Å². The van der Waals surface area contributed by atoms with Crippen molar-refractivity contribution >= 4 is 56.7 Å². The molecule has 0 aliphatic rings. The van der Waals surface area contributed by atoms with Gasteiger partial charge in [-0.25, -0.2) is 5.32 Å². The molecule has 0 aliphatic carbocycles. The van der Waals surface area contributed by atoms with Crippen LogP contribution in [-0.2, 0) is 0 Å². The molecule has 3 nitrogen and oxygen atoms in total. The summed E-state index contributed by atoms with van der Waals surface area (Å²) in [5.41, 5.74) is 15.4. The van der Waals surface area contributed by atoms with E-state index in [0.717, 1.165) is 22.8 Å². The van der Waals surface area contributed by atoms with Crippen LogP contribution < -0.4 is 4.99 Å². The van der Waals surface area contributed by atoms with Crippen LogP contribution >= 0.6 is 0 Å². The van der Waals surface area contributed by atoms with E-state index in [1.54, 1.807) is 0 Å². The Bertz CT molecular complexity index is 2360. The average molecular weight is 902 g/mol. The fourth-order valence-corrected chi connectivity index (χ4v) is 16.9. The summed E-state index contributed by atoms with van der Waals surface area (Å²) in [5.74, 6) is 1.38. The van der Waals surface area contributed by atoms with E-state index in [9.17, 15) is 0 Å². The molecule has 0 unspecified atom stereocenters. The molecule has 7 rings (SSSR count). The molecule has 7 aromatic carbocycles. The van der Waals surface area contributed by atoms with Crippen molar-refractivity contribution in [3.8, 4) is 0 Å². The quantitative estimate of drug-likeness (QED) is 0.0519. The molecule has 0 amide bonds. The zero-order chi connectivity index (χ0) is 46.0. The monoisotopic (exact) mass is 900 g/mol. The normalized spacial score (nSPS) is 12.0. The molecule has 0 bridgehead atoms. The minimum atomic E-state index is -1.11. The van der Waals surface area contributed by atoms with Gasteiger partial charge in [0.2, 0.25) is 0 Å². The summed E-state index contributed by atoms with van der Waals surface area (Å²) in [6.45, 7) is 27.3. The largest absolute Gasteiger partial charge is 2.00 e. The van der Waals surface area contributed by atoms with E-state index in [2.05, 4.69) is 262 Å². The van der Waals surface area contributed by atoms with Gasteiger partial charge < -0.3 is 9.64 Å². The summed E-state index contributed by atoms with van der Waals surface area (Å²) in [7, 11) is -2.21. The zero-order valence-electron chi connectivity index (χ0n) is 41.2. The second-order valence-corrected chi connectivity index (χ2v) is 29.4. The molecule has 0 heterocycles. The van der Waals surface area contributed by atoms with Crippen molar-refractivity contribution in [2.45, 2.75) is 104 Å². The topological polar surface area (TPSA) is 42.2 Å². The third-order valence-electron chi connectivity index (χ3n) is 11.3. The van der Waals surface area contributed by atoms with Gasteiger partial charge in [-0.3, -0.25) is 0 Å². The van der Waals surface area contributed by atoms with Crippen molar-refractivity contribution in [1.29, 1.82) is 0 Å². The minimum Gasteiger partial charge on any atom is -0.668 e. The van der Waals surface area contributed by atoms with Crippen molar-refractivity contribution in [1.82, 2.24) is 0 Å². The van der Waals surface area contributed by atoms with Crippen molar-refractivity contribution in [2.24, 2.45) is 0 Å². The Balaban J connectivity index is 0.000000718. The van der Waals surface area contributed by atoms with Gasteiger partial charge in [-0.15, -0.1) is 0 Å². The molecule has 0 spiro atoms. The van der Waals surface area contributed by atoms with E-state index in [4.69, 9.17) is 9.96 Å². The summed E-state index contributed by atoms with van der Waals surface area (Å²) in [4.78, 5) is 4.02. The first-order chi connectivity index (χ1) is 30.5. The maximum absolute atomic E-state index is 5.95. The Hall–Kier alpha value is -4.83. The molecule has 7 aromatic rings. The summed E-state index contributed by atoms with van der Waals surface area (Å²) in [6.07, 6.45) is 0. The van der Waals surface area contributed by atoms with Gasteiger partial charge in [-0.2, -0.15) is 0 Å². The van der Waals surface area contributed by atoms with Crippen LogP contribution in [0.3, 0.4) is 0 Å². The maximum atomic E-state index is 5.95. The van der Waals surface area contributed by atoms with Gasteiger partial charge in [0.05, 0.1) is 5.69 Å². The molecule has 0 atom stereocenters. The zero-order valence-corrected chi connectivity index (χ0v) is 44.6. The van der Waals surface area contributed by atoms with Crippen molar-refractivity contribution in [3.05, 3.63) is 247 Å². The molecular formula is C59H70MgN3Si2+. The number of nitrogens with one attached hydrogen (secondary N) is 1. The standard InChI is InChI=1S/C53H51N2.C6H18NSi2.Mg/c1-36(2)45-28-19-29-46(37(3)4)51(45)54-53(44-32-30-38(5)31-33-44)55-52-47(49(40-20-11-7-12-21-40)41-22-13-8-14-23-41)34-39(6)35-48(52)50(42-24-15-9-16-25-42)43-26-17-10-18-27-43;1-8(2,3)7-9(4,5)6;/h7-37,49-50H,1-6H3;1-6H3;/q2*-1;+2/p+1. The van der Waals surface area contributed by atoms with Crippen molar-refractivity contribution in [2.75, 3.05) is 0 Å². The van der Waals surface area contributed by atoms with Crippen molar-refractivity contribution < 1.29 is 4.99 Å². The second kappa shape index (κ2) is 23.1. The fraction of sp³-hybridized carbons (Fsp3) is 0.271. The molecule has 1 N–H and O–H groups in total. The first-order valence-corrected chi connectivity index (χ1v) is 30.0. The summed E-state index contributed by atoms with van der Waals surface area (Å²) in [5, 5.41) is 5.95. The first-order valence-electron chi connectivity index (χ1n) is 23.1. The number of rotatable bonds is 13. The summed E-state index contributed by atoms with van der Waals surface area (Å²) in [6, 6.07) is 63.9. The number of hydrogen-bond acceptors (Lipinski definition) is 0. The molecule has 6 heteroatoms. The second-order valence-electron chi connectivity index (χ2n) is 19.8. The third kappa shape index (κ3) is 14.1. The van der Waals surface area contributed by atoms with E-state index in [-0.39, 0.29) is 34.9 Å². The van der Waals surface area contributed by atoms with Gasteiger partial charge in [0.1, 0.15) is 5.84 Å². The average Bonchev–Trinajstić information content (AvgIpc) is 3.25. The number of hydrogen-bond donors (Lipinski definition) is 1. The van der Waals surface area contributed by atoms with E-state index in [1.165, 1.54) is 55.6 Å². The number of para-hydroxylation sites is 1. The summed E-state index contributed by atoms with van der Waals surface area (Å²) >= 11 is 0. The maximum Gasteiger partial charge on any atom is 2.00 e. The number of amidine groups is 1. The molecule has 0 radical (unpaired) electrons. The minimum absolute atomic E-state index is 0. The van der Waals surface area contributed by atoms with Crippen LogP contribution in [-0.4, -0.2) is 45.4 Å². The first kappa shape index (κ1) is 51.2. The Morgan fingerprint density at radius 2 is 0.785 bits per heavy atom. The van der Waals surface area contributed by atoms with Crippen LogP contribution in [0.5, 0.6) is 0 Å². The van der Waals surface area contributed by atoms with Crippen LogP contribution in [0.1, 0.15) is 113 Å². The fourth-order valence-electron chi connectivity index (χ4n) is 8.90. The third-order valence-corrected chi connectivity index (χ3v) is 16.7. The van der Waals surface area contributed by atoms with Gasteiger partial charge in [-0.05, 0) is 70.2 Å².